The van der Waals surface area contributed by atoms with Crippen molar-refractivity contribution in [2.24, 2.45) is 0 Å². The Morgan fingerprint density at radius 1 is 1.00 bits per heavy atom. The summed E-state index contributed by atoms with van der Waals surface area (Å²) in [6.45, 7) is 0. The second-order valence-corrected chi connectivity index (χ2v) is 3.96. The molecule has 1 aromatic carbocycles. The predicted octanol–water partition coefficient (Wildman–Crippen LogP) is 3.35. The Morgan fingerprint density at radius 3 is 2.27 bits per heavy atom. The van der Waals surface area contributed by atoms with Crippen LogP contribution in [0, 0.1) is 0 Å². The topological polar surface area (TPSA) is 32.9 Å². The van der Waals surface area contributed by atoms with Crippen molar-refractivity contribution in [3.05, 3.63) is 56.8 Å². The summed E-state index contributed by atoms with van der Waals surface area (Å²) in [6.07, 6.45) is 0. The van der Waals surface area contributed by atoms with E-state index in [9.17, 15) is 4.79 Å². The summed E-state index contributed by atoms with van der Waals surface area (Å²) >= 11 is 11.7. The van der Waals surface area contributed by atoms with Gasteiger partial charge in [0.05, 0.1) is 0 Å². The molecule has 76 valence electrons. The van der Waals surface area contributed by atoms with Gasteiger partial charge in [-0.15, -0.1) is 0 Å². The maximum atomic E-state index is 11.1. The molecule has 2 rings (SSSR count). The standard InChI is InChI=1S/C11H7Cl2NO/c12-8-4-7(5-9(13)6-8)10-2-1-3-11(15)14-10/h1-6H,(H,14,15). The Labute approximate surface area is 96.5 Å². The molecule has 4 heteroatoms. The number of H-pyrrole nitrogens is 1. The summed E-state index contributed by atoms with van der Waals surface area (Å²) in [4.78, 5) is 13.8. The zero-order valence-electron chi connectivity index (χ0n) is 7.63. The van der Waals surface area contributed by atoms with Gasteiger partial charge in [0.15, 0.2) is 0 Å². The van der Waals surface area contributed by atoms with E-state index >= 15 is 0 Å². The molecule has 0 saturated carbocycles. The van der Waals surface area contributed by atoms with E-state index in [4.69, 9.17) is 23.2 Å². The fourth-order valence-corrected chi connectivity index (χ4v) is 1.85. The van der Waals surface area contributed by atoms with Crippen molar-refractivity contribution in [1.82, 2.24) is 4.98 Å². The summed E-state index contributed by atoms with van der Waals surface area (Å²) in [5, 5.41) is 1.09. The van der Waals surface area contributed by atoms with E-state index in [1.165, 1.54) is 6.07 Å². The Balaban J connectivity index is 2.58. The molecule has 0 fully saturated rings. The van der Waals surface area contributed by atoms with Crippen LogP contribution in [0.4, 0.5) is 0 Å². The van der Waals surface area contributed by atoms with Crippen LogP contribution in [0.1, 0.15) is 0 Å². The molecule has 15 heavy (non-hydrogen) atoms. The van der Waals surface area contributed by atoms with Crippen molar-refractivity contribution < 1.29 is 0 Å². The van der Waals surface area contributed by atoms with Gasteiger partial charge in [0, 0.05) is 27.4 Å². The van der Waals surface area contributed by atoms with Gasteiger partial charge < -0.3 is 4.98 Å². The van der Waals surface area contributed by atoms with Gasteiger partial charge in [-0.2, -0.15) is 0 Å². The third kappa shape index (κ3) is 2.41. The number of halogens is 2. The van der Waals surface area contributed by atoms with Crippen LogP contribution in [0.15, 0.2) is 41.2 Å². The van der Waals surface area contributed by atoms with Crippen LogP contribution in [-0.4, -0.2) is 4.98 Å². The number of aromatic amines is 1. The molecule has 0 aliphatic carbocycles. The number of nitrogens with one attached hydrogen (secondary N) is 1. The Bertz CT molecular complexity index is 528. The van der Waals surface area contributed by atoms with Crippen molar-refractivity contribution in [2.75, 3.05) is 0 Å². The van der Waals surface area contributed by atoms with E-state index in [2.05, 4.69) is 4.98 Å². The quantitative estimate of drug-likeness (QED) is 0.814. The highest BCUT2D eigenvalue weighted by Gasteiger charge is 2.01. The normalized spacial score (nSPS) is 10.3. The van der Waals surface area contributed by atoms with Crippen LogP contribution in [0.5, 0.6) is 0 Å². The molecule has 0 atom stereocenters. The highest BCUT2D eigenvalue weighted by molar-refractivity contribution is 6.35. The van der Waals surface area contributed by atoms with E-state index in [0.717, 1.165) is 5.56 Å². The molecule has 0 amide bonds. The van der Waals surface area contributed by atoms with Gasteiger partial charge in [-0.3, -0.25) is 4.79 Å². The lowest BCUT2D eigenvalue weighted by Gasteiger charge is -2.02. The SMILES string of the molecule is O=c1cccc(-c2cc(Cl)cc(Cl)c2)[nH]1. The van der Waals surface area contributed by atoms with Gasteiger partial charge in [0.1, 0.15) is 0 Å². The van der Waals surface area contributed by atoms with Crippen molar-refractivity contribution in [2.45, 2.75) is 0 Å². The monoisotopic (exact) mass is 239 g/mol. The van der Waals surface area contributed by atoms with Gasteiger partial charge in [0.25, 0.3) is 0 Å². The first-order valence-corrected chi connectivity index (χ1v) is 5.06. The van der Waals surface area contributed by atoms with Crippen molar-refractivity contribution in [3.63, 3.8) is 0 Å². The molecule has 1 heterocycles. The van der Waals surface area contributed by atoms with Gasteiger partial charge >= 0.3 is 0 Å². The molecule has 1 N–H and O–H groups in total. The van der Waals surface area contributed by atoms with Crippen LogP contribution in [0.3, 0.4) is 0 Å². The smallest absolute Gasteiger partial charge is 0.248 e. The second kappa shape index (κ2) is 4.09. The minimum absolute atomic E-state index is 0.149. The Kier molecular flexibility index (Phi) is 2.80. The third-order valence-electron chi connectivity index (χ3n) is 1.94. The number of rotatable bonds is 1. The summed E-state index contributed by atoms with van der Waals surface area (Å²) in [5.74, 6) is 0. The molecule has 1 aromatic heterocycles. The van der Waals surface area contributed by atoms with Crippen LogP contribution in [-0.2, 0) is 0 Å². The molecule has 0 unspecified atom stereocenters. The number of hydrogen-bond acceptors (Lipinski definition) is 1. The van der Waals surface area contributed by atoms with Crippen molar-refractivity contribution in [3.8, 4) is 11.3 Å². The zero-order valence-corrected chi connectivity index (χ0v) is 9.14. The molecule has 2 nitrogen and oxygen atoms in total. The van der Waals surface area contributed by atoms with E-state index in [1.54, 1.807) is 30.3 Å². The van der Waals surface area contributed by atoms with Gasteiger partial charge in [-0.1, -0.05) is 29.3 Å². The lowest BCUT2D eigenvalue weighted by molar-refractivity contribution is 1.24. The molecule has 0 radical (unpaired) electrons. The fraction of sp³-hybridized carbons (Fsp3) is 0. The van der Waals surface area contributed by atoms with E-state index in [-0.39, 0.29) is 5.56 Å². The number of aromatic nitrogens is 1. The Hall–Kier alpha value is -1.25. The molecule has 0 saturated heterocycles. The van der Waals surface area contributed by atoms with E-state index < -0.39 is 0 Å². The minimum Gasteiger partial charge on any atom is -0.322 e. The first-order chi connectivity index (χ1) is 7.15. The second-order valence-electron chi connectivity index (χ2n) is 3.09. The molecule has 0 aliphatic heterocycles. The van der Waals surface area contributed by atoms with E-state index in [1.807, 2.05) is 0 Å². The first-order valence-electron chi connectivity index (χ1n) is 4.31. The van der Waals surface area contributed by atoms with Crippen LogP contribution < -0.4 is 5.56 Å². The van der Waals surface area contributed by atoms with Crippen molar-refractivity contribution >= 4 is 23.2 Å². The summed E-state index contributed by atoms with van der Waals surface area (Å²) in [7, 11) is 0. The zero-order chi connectivity index (χ0) is 10.8. The molecular weight excluding hydrogens is 233 g/mol. The molecule has 0 spiro atoms. The number of hydrogen-bond donors (Lipinski definition) is 1. The predicted molar refractivity (Wildman–Crippen MR) is 62.5 cm³/mol. The number of benzene rings is 1. The van der Waals surface area contributed by atoms with Crippen LogP contribution in [0.2, 0.25) is 10.0 Å². The average Bonchev–Trinajstić information content (AvgIpc) is 2.16. The number of pyridine rings is 1. The highest BCUT2D eigenvalue weighted by Crippen LogP contribution is 2.25. The molecule has 2 aromatic rings. The molecule has 0 aliphatic rings. The highest BCUT2D eigenvalue weighted by atomic mass is 35.5. The molecular formula is C11H7Cl2NO. The van der Waals surface area contributed by atoms with Gasteiger partial charge in [-0.25, -0.2) is 0 Å². The van der Waals surface area contributed by atoms with Crippen molar-refractivity contribution in [1.29, 1.82) is 0 Å². The molecule has 0 bridgehead atoms. The third-order valence-corrected chi connectivity index (χ3v) is 2.38. The maximum absolute atomic E-state index is 11.1. The minimum atomic E-state index is -0.149. The Morgan fingerprint density at radius 2 is 1.67 bits per heavy atom. The summed E-state index contributed by atoms with van der Waals surface area (Å²) in [5.41, 5.74) is 1.35. The summed E-state index contributed by atoms with van der Waals surface area (Å²) in [6, 6.07) is 10.1. The van der Waals surface area contributed by atoms with E-state index in [0.29, 0.717) is 15.7 Å². The largest absolute Gasteiger partial charge is 0.322 e. The fourth-order valence-electron chi connectivity index (χ4n) is 1.33. The first kappa shape index (κ1) is 10.3. The average molecular weight is 240 g/mol. The van der Waals surface area contributed by atoms with Gasteiger partial charge in [-0.05, 0) is 24.3 Å². The lowest BCUT2D eigenvalue weighted by Crippen LogP contribution is -2.03. The van der Waals surface area contributed by atoms with Crippen LogP contribution >= 0.6 is 23.2 Å². The lowest BCUT2D eigenvalue weighted by atomic mass is 10.1. The maximum Gasteiger partial charge on any atom is 0.248 e. The van der Waals surface area contributed by atoms with Crippen LogP contribution in [0.25, 0.3) is 11.3 Å². The summed E-state index contributed by atoms with van der Waals surface area (Å²) < 4.78 is 0. The van der Waals surface area contributed by atoms with Gasteiger partial charge in [0.2, 0.25) is 5.56 Å².